The molecule has 0 aromatic rings. The molecule has 8 heteroatoms. The summed E-state index contributed by atoms with van der Waals surface area (Å²) in [7, 11) is 0. The molecule has 0 aromatic carbocycles. The lowest BCUT2D eigenvalue weighted by Crippen LogP contribution is -2.53. The summed E-state index contributed by atoms with van der Waals surface area (Å²) in [6.45, 7) is 9.22. The van der Waals surface area contributed by atoms with Gasteiger partial charge in [0.2, 0.25) is 0 Å². The Labute approximate surface area is 196 Å². The van der Waals surface area contributed by atoms with Gasteiger partial charge in [-0.15, -0.1) is 0 Å². The van der Waals surface area contributed by atoms with Gasteiger partial charge >= 0.3 is 17.9 Å². The summed E-state index contributed by atoms with van der Waals surface area (Å²) in [6.07, 6.45) is 3.15. The first-order valence-corrected chi connectivity index (χ1v) is 12.6. The summed E-state index contributed by atoms with van der Waals surface area (Å²) in [4.78, 5) is 39.6. The second-order valence-electron chi connectivity index (χ2n) is 10.9. The number of rotatable bonds is 4. The molecule has 0 amide bonds. The van der Waals surface area contributed by atoms with Crippen molar-refractivity contribution in [2.75, 3.05) is 19.6 Å². The normalized spacial score (nSPS) is 43.6. The van der Waals surface area contributed by atoms with Crippen LogP contribution in [0.25, 0.3) is 0 Å². The van der Waals surface area contributed by atoms with Crippen LogP contribution in [0.2, 0.25) is 0 Å². The standard InChI is InChI=1S/C25H39NO7/c1-14-11-18-21(17(24(30)33-18)13-26-9-7-5-6-8-10-26)23(32-16(3)28)25(4)20(29)12-19(22(14)25)31-15(2)27/h14,17-23,29H,5-13H2,1-4H3/t14-,17+,18+,19+,20+,21-,22+,23+,25-/m1/s1. The van der Waals surface area contributed by atoms with E-state index in [9.17, 15) is 19.5 Å². The number of carbonyl (C=O) groups is 3. The Hall–Kier alpha value is -1.67. The van der Waals surface area contributed by atoms with Gasteiger partial charge in [0.15, 0.2) is 0 Å². The second-order valence-corrected chi connectivity index (χ2v) is 10.9. The lowest BCUT2D eigenvalue weighted by atomic mass is 9.66. The van der Waals surface area contributed by atoms with Crippen LogP contribution >= 0.6 is 0 Å². The van der Waals surface area contributed by atoms with E-state index in [1.807, 2.05) is 6.92 Å². The quantitative estimate of drug-likeness (QED) is 0.499. The van der Waals surface area contributed by atoms with Crippen molar-refractivity contribution in [1.82, 2.24) is 4.90 Å². The first-order chi connectivity index (χ1) is 15.6. The lowest BCUT2D eigenvalue weighted by molar-refractivity contribution is -0.174. The van der Waals surface area contributed by atoms with Crippen LogP contribution in [-0.2, 0) is 28.6 Å². The zero-order chi connectivity index (χ0) is 23.9. The summed E-state index contributed by atoms with van der Waals surface area (Å²) >= 11 is 0. The van der Waals surface area contributed by atoms with E-state index < -0.39 is 35.6 Å². The molecule has 0 unspecified atom stereocenters. The minimum absolute atomic E-state index is 0.00861. The molecule has 2 heterocycles. The van der Waals surface area contributed by atoms with E-state index in [4.69, 9.17) is 14.2 Å². The van der Waals surface area contributed by atoms with Crippen LogP contribution in [0.3, 0.4) is 0 Å². The van der Waals surface area contributed by atoms with Crippen molar-refractivity contribution >= 4 is 17.9 Å². The molecular weight excluding hydrogens is 426 g/mol. The van der Waals surface area contributed by atoms with Crippen molar-refractivity contribution < 1.29 is 33.7 Å². The highest BCUT2D eigenvalue weighted by Crippen LogP contribution is 2.59. The fraction of sp³-hybridized carbons (Fsp3) is 0.880. The van der Waals surface area contributed by atoms with Gasteiger partial charge in [-0.3, -0.25) is 14.4 Å². The van der Waals surface area contributed by atoms with Gasteiger partial charge in [-0.25, -0.2) is 0 Å². The largest absolute Gasteiger partial charge is 0.462 e. The van der Waals surface area contributed by atoms with Gasteiger partial charge in [0.05, 0.1) is 12.0 Å². The third-order valence-corrected chi connectivity index (χ3v) is 8.70. The average Bonchev–Trinajstić information content (AvgIpc) is 2.97. The highest BCUT2D eigenvalue weighted by atomic mass is 16.6. The smallest absolute Gasteiger partial charge is 0.311 e. The molecule has 8 nitrogen and oxygen atoms in total. The Kier molecular flexibility index (Phi) is 7.06. The number of nitrogens with zero attached hydrogens (tertiary/aromatic N) is 1. The molecule has 2 aliphatic carbocycles. The van der Waals surface area contributed by atoms with E-state index in [-0.39, 0.29) is 35.8 Å². The third kappa shape index (κ3) is 4.53. The molecule has 4 aliphatic rings. The van der Waals surface area contributed by atoms with Gasteiger partial charge in [0.25, 0.3) is 0 Å². The van der Waals surface area contributed by atoms with Gasteiger partial charge in [0.1, 0.15) is 18.3 Å². The summed E-state index contributed by atoms with van der Waals surface area (Å²) in [5.74, 6) is -2.01. The first-order valence-electron chi connectivity index (χ1n) is 12.6. The number of ether oxygens (including phenoxy) is 3. The molecule has 186 valence electrons. The van der Waals surface area contributed by atoms with Crippen molar-refractivity contribution in [2.45, 2.75) is 90.6 Å². The zero-order valence-electron chi connectivity index (χ0n) is 20.3. The summed E-state index contributed by atoms with van der Waals surface area (Å²) in [5, 5.41) is 11.3. The molecule has 0 radical (unpaired) electrons. The molecule has 0 spiro atoms. The molecule has 0 aromatic heterocycles. The number of fused-ring (bicyclic) bond motifs is 2. The fourth-order valence-corrected chi connectivity index (χ4v) is 7.38. The maximum absolute atomic E-state index is 13.1. The van der Waals surface area contributed by atoms with Crippen LogP contribution in [0.5, 0.6) is 0 Å². The Morgan fingerprint density at radius 3 is 2.33 bits per heavy atom. The highest BCUT2D eigenvalue weighted by molar-refractivity contribution is 5.76. The molecule has 0 bridgehead atoms. The van der Waals surface area contributed by atoms with Crippen LogP contribution < -0.4 is 0 Å². The predicted octanol–water partition coefficient (Wildman–Crippen LogP) is 2.31. The van der Waals surface area contributed by atoms with Gasteiger partial charge in [-0.05, 0) is 38.3 Å². The van der Waals surface area contributed by atoms with E-state index >= 15 is 0 Å². The summed E-state index contributed by atoms with van der Waals surface area (Å²) < 4.78 is 17.6. The SMILES string of the molecule is CC(=O)O[C@H]1C[C@H](O)[C@]2(C)[C@H]1[C@H](C)C[C@@H]1OC(=O)[C@@H](CN3CCCCCC3)[C@H]1[C@@H]2OC(C)=O. The number of esters is 3. The van der Waals surface area contributed by atoms with Crippen LogP contribution in [-0.4, -0.2) is 72.0 Å². The molecule has 4 rings (SSSR count). The fourth-order valence-electron chi connectivity index (χ4n) is 7.38. The van der Waals surface area contributed by atoms with Crippen molar-refractivity contribution in [2.24, 2.45) is 29.1 Å². The molecule has 4 fully saturated rings. The van der Waals surface area contributed by atoms with Gasteiger partial charge in [0, 0.05) is 44.1 Å². The number of aliphatic hydroxyl groups excluding tert-OH is 1. The Balaban J connectivity index is 1.71. The van der Waals surface area contributed by atoms with Crippen LogP contribution in [0.1, 0.15) is 66.2 Å². The third-order valence-electron chi connectivity index (χ3n) is 8.70. The lowest BCUT2D eigenvalue weighted by Gasteiger charge is -2.44. The molecule has 9 atom stereocenters. The van der Waals surface area contributed by atoms with Crippen molar-refractivity contribution in [3.05, 3.63) is 0 Å². The Morgan fingerprint density at radius 2 is 1.73 bits per heavy atom. The Morgan fingerprint density at radius 1 is 1.09 bits per heavy atom. The van der Waals surface area contributed by atoms with Crippen molar-refractivity contribution in [1.29, 1.82) is 0 Å². The van der Waals surface area contributed by atoms with Gasteiger partial charge in [-0.1, -0.05) is 26.7 Å². The molecule has 2 saturated heterocycles. The molecule has 1 N–H and O–H groups in total. The summed E-state index contributed by atoms with van der Waals surface area (Å²) in [6, 6.07) is 0. The number of hydrogen-bond acceptors (Lipinski definition) is 8. The second kappa shape index (κ2) is 9.53. The van der Waals surface area contributed by atoms with Crippen LogP contribution in [0.15, 0.2) is 0 Å². The van der Waals surface area contributed by atoms with Crippen molar-refractivity contribution in [3.8, 4) is 0 Å². The predicted molar refractivity (Wildman–Crippen MR) is 119 cm³/mol. The van der Waals surface area contributed by atoms with Gasteiger partial charge in [-0.2, -0.15) is 0 Å². The molecular formula is C25H39NO7. The van der Waals surface area contributed by atoms with E-state index in [1.165, 1.54) is 26.7 Å². The van der Waals surface area contributed by atoms with E-state index in [0.29, 0.717) is 19.4 Å². The maximum Gasteiger partial charge on any atom is 0.311 e. The number of likely N-dealkylation sites (tertiary alicyclic amines) is 1. The first kappa shape index (κ1) is 24.5. The molecule has 2 aliphatic heterocycles. The number of aliphatic hydroxyl groups is 1. The minimum atomic E-state index is -0.852. The topological polar surface area (TPSA) is 102 Å². The minimum Gasteiger partial charge on any atom is -0.462 e. The van der Waals surface area contributed by atoms with Gasteiger partial charge < -0.3 is 24.2 Å². The van der Waals surface area contributed by atoms with E-state index in [2.05, 4.69) is 11.8 Å². The average molecular weight is 466 g/mol. The van der Waals surface area contributed by atoms with E-state index in [1.54, 1.807) is 0 Å². The molecule has 2 saturated carbocycles. The Bertz CT molecular complexity index is 764. The van der Waals surface area contributed by atoms with E-state index in [0.717, 1.165) is 25.9 Å². The summed E-state index contributed by atoms with van der Waals surface area (Å²) in [5.41, 5.74) is -0.852. The maximum atomic E-state index is 13.1. The monoisotopic (exact) mass is 465 g/mol. The number of hydrogen-bond donors (Lipinski definition) is 1. The number of carbonyl (C=O) groups excluding carboxylic acids is 3. The highest BCUT2D eigenvalue weighted by Gasteiger charge is 2.67. The van der Waals surface area contributed by atoms with Crippen molar-refractivity contribution in [3.63, 3.8) is 0 Å². The van der Waals surface area contributed by atoms with Crippen LogP contribution in [0.4, 0.5) is 0 Å². The van der Waals surface area contributed by atoms with Crippen LogP contribution in [0, 0.1) is 29.1 Å². The molecule has 33 heavy (non-hydrogen) atoms. The zero-order valence-corrected chi connectivity index (χ0v) is 20.3.